The molecule has 0 aliphatic heterocycles. The normalized spacial score (nSPS) is 10.5. The van der Waals surface area contributed by atoms with Crippen molar-refractivity contribution >= 4 is 28.2 Å². The van der Waals surface area contributed by atoms with Gasteiger partial charge < -0.3 is 4.74 Å². The molecule has 4 aromatic rings. The van der Waals surface area contributed by atoms with E-state index in [0.29, 0.717) is 11.3 Å². The molecule has 0 fully saturated rings. The maximum Gasteiger partial charge on any atom is 0.374 e. The van der Waals surface area contributed by atoms with Crippen molar-refractivity contribution in [3.63, 3.8) is 0 Å². The van der Waals surface area contributed by atoms with Crippen LogP contribution in [0.5, 0.6) is 11.6 Å². The Morgan fingerprint density at radius 2 is 1.78 bits per heavy atom. The van der Waals surface area contributed by atoms with Gasteiger partial charge in [-0.25, -0.2) is 4.98 Å². The first-order valence-electron chi connectivity index (χ1n) is 9.87. The predicted molar refractivity (Wildman–Crippen MR) is 120 cm³/mol. The molecule has 9 nitrogen and oxygen atoms in total. The van der Waals surface area contributed by atoms with E-state index >= 15 is 0 Å². The zero-order valence-electron chi connectivity index (χ0n) is 17.1. The van der Waals surface area contributed by atoms with E-state index < -0.39 is 16.5 Å². The van der Waals surface area contributed by atoms with Crippen molar-refractivity contribution in [3.05, 3.63) is 94.3 Å². The second-order valence-electron chi connectivity index (χ2n) is 6.84. The number of nitrogens with one attached hydrogen (secondary N) is 2. The van der Waals surface area contributed by atoms with Gasteiger partial charge in [0.1, 0.15) is 12.1 Å². The quantitative estimate of drug-likeness (QED) is 0.324. The van der Waals surface area contributed by atoms with Crippen molar-refractivity contribution in [1.82, 2.24) is 15.4 Å². The zero-order chi connectivity index (χ0) is 22.5. The smallest absolute Gasteiger partial charge is 0.374 e. The van der Waals surface area contributed by atoms with Gasteiger partial charge in [-0.3, -0.25) is 25.8 Å². The number of aromatic nitrogens is 2. The van der Waals surface area contributed by atoms with Gasteiger partial charge in [-0.15, -0.1) is 0 Å². The second-order valence-corrected chi connectivity index (χ2v) is 6.84. The number of carbonyl (C=O) groups excluding carboxylic acids is 1. The molecule has 0 aliphatic rings. The number of carbonyl (C=O) groups is 1. The number of hydrogen-bond acceptors (Lipinski definition) is 7. The van der Waals surface area contributed by atoms with Crippen molar-refractivity contribution < 1.29 is 14.5 Å². The number of hydrazine groups is 1. The van der Waals surface area contributed by atoms with Crippen LogP contribution < -0.4 is 15.6 Å². The van der Waals surface area contributed by atoms with Crippen LogP contribution in [0.3, 0.4) is 0 Å². The molecule has 32 heavy (non-hydrogen) atoms. The van der Waals surface area contributed by atoms with Gasteiger partial charge in [0.25, 0.3) is 5.91 Å². The van der Waals surface area contributed by atoms with Crippen molar-refractivity contribution in [1.29, 1.82) is 0 Å². The zero-order valence-corrected chi connectivity index (χ0v) is 17.1. The number of amides is 1. The van der Waals surface area contributed by atoms with Gasteiger partial charge >= 0.3 is 11.6 Å². The van der Waals surface area contributed by atoms with Crippen molar-refractivity contribution in [2.75, 3.05) is 5.43 Å². The maximum absolute atomic E-state index is 12.7. The Balaban J connectivity index is 1.57. The first-order chi connectivity index (χ1) is 15.6. The number of ether oxygens (including phenoxy) is 1. The van der Waals surface area contributed by atoms with Crippen LogP contribution in [0.25, 0.3) is 10.8 Å². The summed E-state index contributed by atoms with van der Waals surface area (Å²) in [6.07, 6.45) is 1.98. The molecule has 0 spiro atoms. The fourth-order valence-corrected chi connectivity index (χ4v) is 3.20. The molecule has 3 aromatic carbocycles. The summed E-state index contributed by atoms with van der Waals surface area (Å²) in [5.41, 5.74) is 6.03. The average molecular weight is 429 g/mol. The molecule has 160 valence electrons. The van der Waals surface area contributed by atoms with E-state index in [1.165, 1.54) is 0 Å². The Labute approximate surface area is 183 Å². The highest BCUT2D eigenvalue weighted by atomic mass is 16.6. The summed E-state index contributed by atoms with van der Waals surface area (Å²) in [6.45, 7) is 2.02. The number of rotatable bonds is 7. The lowest BCUT2D eigenvalue weighted by molar-refractivity contribution is -0.385. The van der Waals surface area contributed by atoms with Crippen LogP contribution in [0.1, 0.15) is 22.8 Å². The van der Waals surface area contributed by atoms with Crippen molar-refractivity contribution in [3.8, 4) is 11.6 Å². The Hall–Kier alpha value is -4.53. The highest BCUT2D eigenvalue weighted by Gasteiger charge is 2.25. The van der Waals surface area contributed by atoms with Gasteiger partial charge in [0.2, 0.25) is 5.82 Å². The Bertz CT molecular complexity index is 1290. The fourth-order valence-electron chi connectivity index (χ4n) is 3.20. The minimum absolute atomic E-state index is 0.196. The molecule has 4 rings (SSSR count). The summed E-state index contributed by atoms with van der Waals surface area (Å²) in [5.74, 6) is -0.503. The predicted octanol–water partition coefficient (Wildman–Crippen LogP) is 4.65. The molecule has 0 saturated carbocycles. The minimum atomic E-state index is -0.665. The third kappa shape index (κ3) is 4.31. The van der Waals surface area contributed by atoms with E-state index in [1.807, 2.05) is 49.4 Å². The molecular weight excluding hydrogens is 410 g/mol. The minimum Gasteiger partial charge on any atom is -0.434 e. The van der Waals surface area contributed by atoms with Gasteiger partial charge in [-0.2, -0.15) is 4.98 Å². The molecule has 1 amide bonds. The van der Waals surface area contributed by atoms with Crippen LogP contribution in [-0.2, 0) is 6.42 Å². The van der Waals surface area contributed by atoms with Crippen molar-refractivity contribution in [2.45, 2.75) is 13.3 Å². The Kier molecular flexibility index (Phi) is 5.89. The van der Waals surface area contributed by atoms with E-state index in [1.54, 1.807) is 24.3 Å². The third-order valence-corrected chi connectivity index (χ3v) is 4.85. The summed E-state index contributed by atoms with van der Waals surface area (Å²) in [5, 5.41) is 13.4. The van der Waals surface area contributed by atoms with Gasteiger partial charge in [0.15, 0.2) is 0 Å². The highest BCUT2D eigenvalue weighted by molar-refractivity contribution is 6.07. The molecule has 0 saturated heterocycles. The van der Waals surface area contributed by atoms with E-state index in [2.05, 4.69) is 20.8 Å². The average Bonchev–Trinajstić information content (AvgIpc) is 2.82. The number of nitrogens with zero attached hydrogens (tertiary/aromatic N) is 3. The molecule has 0 atom stereocenters. The molecule has 0 aliphatic carbocycles. The van der Waals surface area contributed by atoms with Crippen LogP contribution >= 0.6 is 0 Å². The van der Waals surface area contributed by atoms with Crippen LogP contribution in [0, 0.1) is 10.1 Å². The van der Waals surface area contributed by atoms with Crippen molar-refractivity contribution in [2.24, 2.45) is 0 Å². The van der Waals surface area contributed by atoms with Gasteiger partial charge in [-0.1, -0.05) is 55.5 Å². The summed E-state index contributed by atoms with van der Waals surface area (Å²) in [6, 6.07) is 19.9. The largest absolute Gasteiger partial charge is 0.434 e. The van der Waals surface area contributed by atoms with E-state index in [0.717, 1.165) is 29.1 Å². The van der Waals surface area contributed by atoms with Gasteiger partial charge in [0, 0.05) is 5.56 Å². The molecule has 0 bridgehead atoms. The van der Waals surface area contributed by atoms with E-state index in [9.17, 15) is 14.9 Å². The lowest BCUT2D eigenvalue weighted by atomic mass is 10.0. The monoisotopic (exact) mass is 429 g/mol. The number of fused-ring (bicyclic) bond motifs is 1. The number of benzene rings is 3. The SMILES string of the molecule is CCc1ccc(Oc2ncnc(NNC(=O)c3cccc4ccccc34)c2[N+](=O)[O-])cc1. The lowest BCUT2D eigenvalue weighted by Gasteiger charge is -2.11. The molecule has 2 N–H and O–H groups in total. The summed E-state index contributed by atoms with van der Waals surface area (Å²) < 4.78 is 5.61. The Morgan fingerprint density at radius 1 is 1.03 bits per heavy atom. The first kappa shape index (κ1) is 20.7. The summed E-state index contributed by atoms with van der Waals surface area (Å²) >= 11 is 0. The highest BCUT2D eigenvalue weighted by Crippen LogP contribution is 2.33. The number of aryl methyl sites for hydroxylation is 1. The van der Waals surface area contributed by atoms with Gasteiger partial charge in [-0.05, 0) is 41.0 Å². The van der Waals surface area contributed by atoms with Crippen LogP contribution in [0.2, 0.25) is 0 Å². The third-order valence-electron chi connectivity index (χ3n) is 4.85. The molecule has 9 heteroatoms. The number of hydrogen-bond donors (Lipinski definition) is 2. The second kappa shape index (κ2) is 9.09. The first-order valence-corrected chi connectivity index (χ1v) is 9.87. The van der Waals surface area contributed by atoms with Gasteiger partial charge in [0.05, 0.1) is 4.92 Å². The summed E-state index contributed by atoms with van der Waals surface area (Å²) in [4.78, 5) is 31.6. The Morgan fingerprint density at radius 3 is 2.53 bits per heavy atom. The van der Waals surface area contributed by atoms with Crippen LogP contribution in [0.4, 0.5) is 11.5 Å². The standard InChI is InChI=1S/C23H19N5O4/c1-2-15-10-12-17(13-11-15)32-23-20(28(30)31)21(24-14-25-23)26-27-22(29)19-9-5-7-16-6-3-4-8-18(16)19/h3-14H,2H2,1H3,(H,27,29)(H,24,25,26). The molecule has 0 unspecified atom stereocenters. The van der Waals surface area contributed by atoms with E-state index in [4.69, 9.17) is 4.74 Å². The molecule has 0 radical (unpaired) electrons. The maximum atomic E-state index is 12.7. The van der Waals surface area contributed by atoms with E-state index in [-0.39, 0.29) is 11.7 Å². The molecular formula is C23H19N5O4. The molecule has 1 heterocycles. The van der Waals surface area contributed by atoms with Crippen LogP contribution in [-0.4, -0.2) is 20.8 Å². The lowest BCUT2D eigenvalue weighted by Crippen LogP contribution is -2.30. The molecule has 1 aromatic heterocycles. The summed E-state index contributed by atoms with van der Waals surface area (Å²) in [7, 11) is 0. The topological polar surface area (TPSA) is 119 Å². The van der Waals surface area contributed by atoms with Crippen LogP contribution in [0.15, 0.2) is 73.1 Å². The number of anilines is 1. The fraction of sp³-hybridized carbons (Fsp3) is 0.0870. The number of nitro groups is 1.